The Balaban J connectivity index is 0.000000206. The van der Waals surface area contributed by atoms with Crippen LogP contribution >= 0.6 is 40.7 Å². The van der Waals surface area contributed by atoms with Gasteiger partial charge in [0, 0.05) is 0 Å². The van der Waals surface area contributed by atoms with Gasteiger partial charge in [-0.05, 0) is 111 Å². The molecule has 6 aliphatic carbocycles. The van der Waals surface area contributed by atoms with Crippen molar-refractivity contribution in [2.75, 3.05) is 0 Å². The first-order chi connectivity index (χ1) is 22.8. The molecule has 0 aromatic heterocycles. The van der Waals surface area contributed by atoms with Gasteiger partial charge in [-0.15, -0.1) is 24.8 Å². The Labute approximate surface area is 323 Å². The molecule has 0 unspecified atom stereocenters. The Morgan fingerprint density at radius 2 is 0.562 bits per heavy atom. The predicted molar refractivity (Wildman–Crippen MR) is 219 cm³/mol. The number of hydrogen-bond donors (Lipinski definition) is 0. The molecule has 5 heteroatoms. The molecule has 6 fully saturated rings. The maximum absolute atomic E-state index is 2.96. The number of benzene rings is 1. The Morgan fingerprint density at radius 1 is 0.354 bits per heavy atom. The van der Waals surface area contributed by atoms with E-state index >= 15 is 0 Å². The molecule has 1 aromatic carbocycles. The minimum atomic E-state index is 0. The Bertz CT molecular complexity index is 809. The molecule has 6 saturated carbocycles. The fourth-order valence-corrected chi connectivity index (χ4v) is 20.2. The monoisotopic (exact) mass is 823 g/mol. The molecule has 6 aliphatic rings. The van der Waals surface area contributed by atoms with Gasteiger partial charge in [0.15, 0.2) is 0 Å². The van der Waals surface area contributed by atoms with Crippen LogP contribution in [-0.2, 0) is 17.7 Å². The fourth-order valence-electron chi connectivity index (χ4n) is 10.6. The van der Waals surface area contributed by atoms with E-state index < -0.39 is 0 Å². The first kappa shape index (κ1) is 43.5. The van der Waals surface area contributed by atoms with Crippen molar-refractivity contribution in [3.63, 3.8) is 0 Å². The molecule has 0 bridgehead atoms. The second-order valence-electron chi connectivity index (χ2n) is 16.1. The molecule has 0 heterocycles. The van der Waals surface area contributed by atoms with E-state index in [4.69, 9.17) is 0 Å². The van der Waals surface area contributed by atoms with Gasteiger partial charge in [0.1, 0.15) is 0 Å². The Kier molecular flexibility index (Phi) is 23.5. The van der Waals surface area contributed by atoms with Crippen molar-refractivity contribution in [2.45, 2.75) is 227 Å². The molecular weight excluding hydrogens is 750 g/mol. The molecule has 0 atom stereocenters. The van der Waals surface area contributed by atoms with Gasteiger partial charge in [-0.2, -0.15) is 0 Å². The summed E-state index contributed by atoms with van der Waals surface area (Å²) in [6, 6.07) is 10.0. The van der Waals surface area contributed by atoms with Crippen molar-refractivity contribution in [3.05, 3.63) is 35.9 Å². The van der Waals surface area contributed by atoms with Crippen LogP contribution in [0, 0.1) is 4.41 Å². The van der Waals surface area contributed by atoms with Gasteiger partial charge >= 0.3 is 58.0 Å². The molecular formula is C43H73Cl2P2Ru. The third-order valence-electron chi connectivity index (χ3n) is 12.9. The zero-order valence-corrected chi connectivity index (χ0v) is 35.8. The number of hydrogen-bond acceptors (Lipinski definition) is 0. The molecule has 0 nitrogen and oxygen atoms in total. The van der Waals surface area contributed by atoms with E-state index in [0.717, 1.165) is 5.56 Å². The van der Waals surface area contributed by atoms with E-state index in [0.29, 0.717) is 15.8 Å². The summed E-state index contributed by atoms with van der Waals surface area (Å²) in [5, 5.41) is 0. The third-order valence-corrected chi connectivity index (χ3v) is 21.5. The van der Waals surface area contributed by atoms with Crippen LogP contribution in [-0.4, -0.2) is 34.0 Å². The summed E-state index contributed by atoms with van der Waals surface area (Å²) in [5.41, 5.74) is 8.27. The number of rotatable bonds is 6. The van der Waals surface area contributed by atoms with Gasteiger partial charge in [0.2, 0.25) is 0 Å². The van der Waals surface area contributed by atoms with Crippen molar-refractivity contribution < 1.29 is 17.7 Å². The van der Waals surface area contributed by atoms with E-state index in [1.165, 1.54) is 72.5 Å². The summed E-state index contributed by atoms with van der Waals surface area (Å²) in [4.78, 5) is 0. The van der Waals surface area contributed by atoms with Gasteiger partial charge in [-0.1, -0.05) is 131 Å². The van der Waals surface area contributed by atoms with Gasteiger partial charge in [0.25, 0.3) is 0 Å². The molecule has 1 aromatic rings. The van der Waals surface area contributed by atoms with Gasteiger partial charge in [-0.3, -0.25) is 0 Å². The quantitative estimate of drug-likeness (QED) is 0.198. The summed E-state index contributed by atoms with van der Waals surface area (Å²) in [5.74, 6) is 0. The zero-order valence-electron chi connectivity index (χ0n) is 30.6. The van der Waals surface area contributed by atoms with Crippen molar-refractivity contribution in [1.29, 1.82) is 0 Å². The fraction of sp³-hybridized carbons (Fsp3) is 0.837. The molecule has 0 aliphatic heterocycles. The maximum atomic E-state index is 2.96. The second kappa shape index (κ2) is 25.9. The average Bonchev–Trinajstić information content (AvgIpc) is 3.15. The summed E-state index contributed by atoms with van der Waals surface area (Å²) < 4.78 is 2.96. The molecule has 0 radical (unpaired) electrons. The first-order valence-electron chi connectivity index (χ1n) is 20.8. The van der Waals surface area contributed by atoms with Crippen LogP contribution in [0.15, 0.2) is 30.3 Å². The first-order valence-corrected chi connectivity index (χ1v) is 24.8. The van der Waals surface area contributed by atoms with Gasteiger partial charge in [0.05, 0.1) is 0 Å². The molecule has 48 heavy (non-hydrogen) atoms. The van der Waals surface area contributed by atoms with Crippen LogP contribution in [0.25, 0.3) is 0 Å². The van der Waals surface area contributed by atoms with Gasteiger partial charge < -0.3 is 0 Å². The van der Waals surface area contributed by atoms with Crippen LogP contribution in [0.5, 0.6) is 0 Å². The van der Waals surface area contributed by atoms with Crippen LogP contribution < -0.4 is 0 Å². The summed E-state index contributed by atoms with van der Waals surface area (Å²) in [6.07, 6.45) is 47.2. The summed E-state index contributed by atoms with van der Waals surface area (Å²) >= 11 is 2.36. The average molecular weight is 824 g/mol. The van der Waals surface area contributed by atoms with E-state index in [-0.39, 0.29) is 24.8 Å². The molecule has 277 valence electrons. The Morgan fingerprint density at radius 3 is 0.729 bits per heavy atom. The topological polar surface area (TPSA) is 0 Å². The zero-order chi connectivity index (χ0) is 31.7. The van der Waals surface area contributed by atoms with Crippen molar-refractivity contribution >= 4 is 40.7 Å². The molecule has 7 rings (SSSR count). The summed E-state index contributed by atoms with van der Waals surface area (Å²) in [7, 11) is 0.770. The summed E-state index contributed by atoms with van der Waals surface area (Å²) in [6.45, 7) is 0. The van der Waals surface area contributed by atoms with Crippen LogP contribution in [0.4, 0.5) is 0 Å². The SMILES string of the molecule is C1CCC(P(C2CCCCC2)C2CCCCC2)CC1.C1CCC(P(C2CCCCC2)C2CCCCC2)CC1.Cl.Cl.[Ru]#[C]c1ccccc1. The van der Waals surface area contributed by atoms with Crippen LogP contribution in [0.2, 0.25) is 0 Å². The standard InChI is InChI=1S/2C18H33P.C7H5.2ClH.Ru/c2*1-4-10-16(11-5-1)19(17-12-6-2-7-13-17)18-14-8-3-9-15-18;1-7-5-3-2-4-6-7;;;/h2*16-18H,1-15H2;2-6H;2*1H;. The van der Waals surface area contributed by atoms with E-state index in [9.17, 15) is 0 Å². The van der Waals surface area contributed by atoms with Crippen molar-refractivity contribution in [1.82, 2.24) is 0 Å². The van der Waals surface area contributed by atoms with Crippen molar-refractivity contribution in [2.24, 2.45) is 0 Å². The molecule has 0 amide bonds. The van der Waals surface area contributed by atoms with E-state index in [1.54, 1.807) is 154 Å². The third kappa shape index (κ3) is 14.5. The van der Waals surface area contributed by atoms with Crippen LogP contribution in [0.1, 0.15) is 198 Å². The van der Waals surface area contributed by atoms with Gasteiger partial charge in [-0.25, -0.2) is 0 Å². The second-order valence-corrected chi connectivity index (χ2v) is 22.7. The predicted octanol–water partition coefficient (Wildman–Crippen LogP) is 15.3. The molecule has 0 saturated heterocycles. The molecule has 0 N–H and O–H groups in total. The number of halogens is 2. The van der Waals surface area contributed by atoms with E-state index in [1.807, 2.05) is 30.3 Å². The van der Waals surface area contributed by atoms with E-state index in [2.05, 4.69) is 22.1 Å². The molecule has 0 spiro atoms. The van der Waals surface area contributed by atoms with Crippen molar-refractivity contribution in [3.8, 4) is 4.41 Å². The normalized spacial score (nSPS) is 24.2. The minimum absolute atomic E-state index is 0. The van der Waals surface area contributed by atoms with Crippen LogP contribution in [0.3, 0.4) is 0 Å². The Hall–Kier alpha value is 1.06.